The molecule has 3 aromatic carbocycles. The number of carbonyl (C=O) groups excluding carboxylic acids is 1. The van der Waals surface area contributed by atoms with Crippen LogP contribution in [-0.2, 0) is 52.4 Å². The van der Waals surface area contributed by atoms with Crippen LogP contribution in [-0.4, -0.2) is 80.8 Å². The molecule has 14 nitrogen and oxygen atoms in total. The zero-order valence-corrected chi connectivity index (χ0v) is 33.7. The Hall–Kier alpha value is -3.56. The zero-order chi connectivity index (χ0) is 39.6. The molecule has 1 saturated carbocycles. The van der Waals surface area contributed by atoms with E-state index in [4.69, 9.17) is 56.2 Å². The fraction of sp³-hybridized carbons (Fsp3) is 0.537. The summed E-state index contributed by atoms with van der Waals surface area (Å²) in [5, 5.41) is 0. The van der Waals surface area contributed by atoms with E-state index in [-0.39, 0.29) is 5.75 Å². The van der Waals surface area contributed by atoms with Crippen molar-refractivity contribution in [2.45, 2.75) is 121 Å². The van der Waals surface area contributed by atoms with Crippen molar-refractivity contribution in [2.75, 3.05) is 20.3 Å². The molecule has 1 aliphatic carbocycles. The minimum Gasteiger partial charge on any atom is -0.493 e. The van der Waals surface area contributed by atoms with Crippen LogP contribution in [0.4, 0.5) is 0 Å². The molecule has 9 atom stereocenters. The first kappa shape index (κ1) is 39.3. The predicted molar refractivity (Wildman–Crippen MR) is 199 cm³/mol. The Balaban J connectivity index is 1.13. The minimum absolute atomic E-state index is 0.101. The molecular formula is C41H49O14P. The van der Waals surface area contributed by atoms with Crippen LogP contribution in [0.25, 0.3) is 0 Å². The first-order valence-corrected chi connectivity index (χ1v) is 20.6. The molecule has 4 heterocycles. The number of fused-ring (bicyclic) bond motifs is 8. The van der Waals surface area contributed by atoms with Gasteiger partial charge in [0, 0.05) is 42.5 Å². The lowest BCUT2D eigenvalue weighted by atomic mass is 9.77. The number of esters is 1. The van der Waals surface area contributed by atoms with Crippen LogP contribution < -0.4 is 14.0 Å². The number of unbranched alkanes of at least 4 members (excludes halogenated alkanes) is 1. The summed E-state index contributed by atoms with van der Waals surface area (Å²) in [5.74, 6) is -1.13. The number of hydrogen-bond donors (Lipinski definition) is 0. The summed E-state index contributed by atoms with van der Waals surface area (Å²) in [6.45, 7) is 13.8. The summed E-state index contributed by atoms with van der Waals surface area (Å²) in [6.07, 6.45) is -3.55. The first-order valence-electron chi connectivity index (χ1n) is 19.1. The molecule has 0 radical (unpaired) electrons. The molecule has 1 spiro atoms. The van der Waals surface area contributed by atoms with Gasteiger partial charge in [-0.2, -0.15) is 0 Å². The van der Waals surface area contributed by atoms with Crippen molar-refractivity contribution in [3.63, 3.8) is 0 Å². The quantitative estimate of drug-likeness (QED) is 0.0719. The number of hydrogen-bond acceptors (Lipinski definition) is 14. The highest BCUT2D eigenvalue weighted by Crippen LogP contribution is 2.59. The topological polar surface area (TPSA) is 145 Å². The van der Waals surface area contributed by atoms with Crippen LogP contribution in [0.5, 0.6) is 23.0 Å². The highest BCUT2D eigenvalue weighted by atomic mass is 31.2. The van der Waals surface area contributed by atoms with Gasteiger partial charge in [0.15, 0.2) is 23.5 Å². The Bertz CT molecular complexity index is 1990. The lowest BCUT2D eigenvalue weighted by Gasteiger charge is -2.43. The molecule has 0 N–H and O–H groups in total. The molecular weight excluding hydrogens is 747 g/mol. The zero-order valence-electron chi connectivity index (χ0n) is 32.8. The van der Waals surface area contributed by atoms with E-state index in [2.05, 4.69) is 6.92 Å². The molecule has 8 rings (SSSR count). The van der Waals surface area contributed by atoms with Crippen molar-refractivity contribution in [3.05, 3.63) is 82.9 Å². The molecule has 0 bridgehead atoms. The molecule has 4 aliphatic heterocycles. The molecule has 0 aromatic heterocycles. The third kappa shape index (κ3) is 6.92. The second kappa shape index (κ2) is 14.7. The van der Waals surface area contributed by atoms with Crippen molar-refractivity contribution in [1.82, 2.24) is 0 Å². The predicted octanol–water partition coefficient (Wildman–Crippen LogP) is 7.77. The van der Waals surface area contributed by atoms with Crippen LogP contribution >= 0.6 is 7.82 Å². The van der Waals surface area contributed by atoms with Crippen molar-refractivity contribution in [3.8, 4) is 23.0 Å². The van der Waals surface area contributed by atoms with Gasteiger partial charge in [-0.3, -0.25) is 9.05 Å². The van der Waals surface area contributed by atoms with Gasteiger partial charge in [-0.1, -0.05) is 31.5 Å². The molecule has 3 aromatic rings. The maximum atomic E-state index is 14.6. The van der Waals surface area contributed by atoms with E-state index in [1.165, 1.54) is 7.11 Å². The molecule has 2 saturated heterocycles. The molecule has 7 unspecified atom stereocenters. The molecule has 0 amide bonds. The van der Waals surface area contributed by atoms with E-state index in [9.17, 15) is 9.36 Å². The Labute approximate surface area is 326 Å². The Kier molecular flexibility index (Phi) is 10.3. The third-order valence-corrected chi connectivity index (χ3v) is 11.9. The van der Waals surface area contributed by atoms with Crippen molar-refractivity contribution in [2.24, 2.45) is 0 Å². The van der Waals surface area contributed by atoms with Crippen molar-refractivity contribution >= 4 is 13.8 Å². The number of benzene rings is 3. The Morgan fingerprint density at radius 2 is 1.38 bits per heavy atom. The lowest BCUT2D eigenvalue weighted by molar-refractivity contribution is -0.239. The van der Waals surface area contributed by atoms with Crippen LogP contribution in [0.2, 0.25) is 0 Å². The second-order valence-corrected chi connectivity index (χ2v) is 16.9. The largest absolute Gasteiger partial charge is 0.530 e. The highest BCUT2D eigenvalue weighted by Gasteiger charge is 2.66. The fourth-order valence-electron chi connectivity index (χ4n) is 8.29. The lowest BCUT2D eigenvalue weighted by Crippen LogP contribution is -2.63. The van der Waals surface area contributed by atoms with E-state index in [1.807, 2.05) is 31.2 Å². The van der Waals surface area contributed by atoms with E-state index < -0.39 is 73.9 Å². The standard InChI is InChI=1S/C41H49O14P/c1-9-11-20-46-24-16-18-28-30(21-24)48-31-22-25(17-19-29(31)41(28)27-15-13-12-14-26(27)38(42)53-41)54-56(43,44-8)55-37-35-33(49-39(4,5)51-35)32(47-23(3)45-10-2)34-36(37)52-40(6,7)50-34/h12-19,21-23,32-37H,9-11,20H2,1-8H3/t23?,32?,33-,34?,35?,36+,37?,41?,56?/m0/s1. The number of phosphoric ester groups is 1. The molecule has 56 heavy (non-hydrogen) atoms. The van der Waals surface area contributed by atoms with E-state index in [0.29, 0.717) is 52.7 Å². The number of ether oxygens (including phenoxy) is 9. The molecule has 302 valence electrons. The number of rotatable bonds is 13. The van der Waals surface area contributed by atoms with E-state index in [1.54, 1.807) is 71.0 Å². The summed E-state index contributed by atoms with van der Waals surface area (Å²) in [4.78, 5) is 13.4. The number of carbonyl (C=O) groups is 1. The monoisotopic (exact) mass is 796 g/mol. The van der Waals surface area contributed by atoms with Gasteiger partial charge in [-0.25, -0.2) is 9.36 Å². The van der Waals surface area contributed by atoms with E-state index in [0.717, 1.165) is 12.8 Å². The molecule has 5 aliphatic rings. The maximum Gasteiger partial charge on any atom is 0.530 e. The van der Waals surface area contributed by atoms with Gasteiger partial charge in [0.05, 0.1) is 12.2 Å². The van der Waals surface area contributed by atoms with Crippen molar-refractivity contribution in [1.29, 1.82) is 0 Å². The van der Waals surface area contributed by atoms with Crippen LogP contribution in [0, 0.1) is 0 Å². The summed E-state index contributed by atoms with van der Waals surface area (Å²) in [7, 11) is -3.22. The SMILES string of the molecule is CCCCOc1ccc2c(c1)Oc1cc(OP(=O)(OC)OC3C4OC(C)(C)O[C@H]4C(OC(C)OCC)C4OC(C)(C)O[C@H]43)ccc1C21OC(=O)c2ccccc21. The normalized spacial score (nSPS) is 30.5. The maximum absolute atomic E-state index is 14.6. The second-order valence-electron chi connectivity index (χ2n) is 15.3. The van der Waals surface area contributed by atoms with Crippen molar-refractivity contribution < 1.29 is 65.6 Å². The van der Waals surface area contributed by atoms with Crippen LogP contribution in [0.15, 0.2) is 60.7 Å². The average Bonchev–Trinajstić information content (AvgIpc) is 3.77. The van der Waals surface area contributed by atoms with Gasteiger partial charge in [-0.15, -0.1) is 0 Å². The summed E-state index contributed by atoms with van der Waals surface area (Å²) < 4.78 is 89.0. The fourth-order valence-corrected chi connectivity index (χ4v) is 9.41. The summed E-state index contributed by atoms with van der Waals surface area (Å²) in [5.41, 5.74) is 0.957. The third-order valence-electron chi connectivity index (χ3n) is 10.5. The van der Waals surface area contributed by atoms with E-state index >= 15 is 0 Å². The summed E-state index contributed by atoms with van der Waals surface area (Å²) in [6, 6.07) is 17.6. The minimum atomic E-state index is -4.45. The van der Waals surface area contributed by atoms with Gasteiger partial charge in [0.2, 0.25) is 0 Å². The van der Waals surface area contributed by atoms with Gasteiger partial charge in [0.25, 0.3) is 0 Å². The van der Waals surface area contributed by atoms with Gasteiger partial charge in [0.1, 0.15) is 59.6 Å². The Morgan fingerprint density at radius 1 is 0.786 bits per heavy atom. The van der Waals surface area contributed by atoms with Gasteiger partial charge < -0.3 is 47.2 Å². The molecule has 3 fully saturated rings. The summed E-state index contributed by atoms with van der Waals surface area (Å²) >= 11 is 0. The smallest absolute Gasteiger partial charge is 0.493 e. The molecule has 15 heteroatoms. The van der Waals surface area contributed by atoms with Crippen LogP contribution in [0.1, 0.15) is 88.4 Å². The first-order chi connectivity index (χ1) is 26.7. The highest BCUT2D eigenvalue weighted by molar-refractivity contribution is 7.48. The van der Waals surface area contributed by atoms with Crippen LogP contribution in [0.3, 0.4) is 0 Å². The average molecular weight is 797 g/mol. The van der Waals surface area contributed by atoms with Gasteiger partial charge >= 0.3 is 13.8 Å². The number of phosphoric acid groups is 1. The van der Waals surface area contributed by atoms with Gasteiger partial charge in [-0.05, 0) is 78.3 Å². The Morgan fingerprint density at radius 3 is 1.98 bits per heavy atom.